The first-order valence-corrected chi connectivity index (χ1v) is 22.1. The predicted octanol–water partition coefficient (Wildman–Crippen LogP) is 1.87. The molecule has 4 aromatic rings. The van der Waals surface area contributed by atoms with E-state index >= 15 is 4.39 Å². The third kappa shape index (κ3) is 8.88. The number of cyclic esters (lactones) is 1. The van der Waals surface area contributed by atoms with Crippen molar-refractivity contribution in [1.29, 1.82) is 0 Å². The number of amides is 6. The second-order valence-electron chi connectivity index (χ2n) is 17.7. The number of nitrogens with two attached hydrogens (primary N) is 2. The molecule has 20 nitrogen and oxygen atoms in total. The van der Waals surface area contributed by atoms with Crippen molar-refractivity contribution in [3.05, 3.63) is 92.0 Å². The van der Waals surface area contributed by atoms with Crippen LogP contribution < -0.4 is 43.6 Å². The maximum atomic E-state index is 15.0. The number of aryl methyl sites for hydroxylation is 1. The van der Waals surface area contributed by atoms with Crippen molar-refractivity contribution in [2.24, 2.45) is 17.4 Å². The minimum absolute atomic E-state index is 0.0443. The summed E-state index contributed by atoms with van der Waals surface area (Å²) in [6.07, 6.45) is 0.320. The first-order chi connectivity index (χ1) is 31.9. The molecule has 5 heterocycles. The van der Waals surface area contributed by atoms with Crippen LogP contribution >= 0.6 is 0 Å². The Morgan fingerprint density at radius 1 is 1.06 bits per heavy atom. The van der Waals surface area contributed by atoms with E-state index in [0.29, 0.717) is 69.5 Å². The highest BCUT2D eigenvalue weighted by Crippen LogP contribution is 2.45. The van der Waals surface area contributed by atoms with Crippen LogP contribution in [0.4, 0.5) is 19.7 Å². The number of alkyl carbamates (subject to hydrolysis) is 1. The lowest BCUT2D eigenvalue weighted by molar-refractivity contribution is -0.172. The van der Waals surface area contributed by atoms with Gasteiger partial charge in [0.1, 0.15) is 25.1 Å². The van der Waals surface area contributed by atoms with Crippen LogP contribution in [0.15, 0.2) is 47.3 Å². The smallest absolute Gasteiger partial charge is 0.408 e. The van der Waals surface area contributed by atoms with Crippen molar-refractivity contribution in [2.45, 2.75) is 102 Å². The largest absolute Gasteiger partial charge is 0.458 e. The Morgan fingerprint density at radius 3 is 2.48 bits per heavy atom. The molecule has 0 unspecified atom stereocenters. The molecule has 21 heteroatoms. The molecule has 1 saturated heterocycles. The second kappa shape index (κ2) is 18.4. The molecule has 2 aromatic heterocycles. The molecular weight excluding hydrogens is 874 g/mol. The molecule has 4 atom stereocenters. The monoisotopic (exact) mass is 925 g/mol. The SMILES string of the molecule is CC[C@]1(O)C(=O)OCc2c1cc1n(c2=O)Cc2c-1nc1cc(F)cc3c1c2[C@H](NC(=O)C1(NC(=O)OCc2ccc(NC(=O)[C@H](CCCNC(N)=O)NC(=O)[C@@H](N)C(C)C)cc2)COC1)CC3. The van der Waals surface area contributed by atoms with Gasteiger partial charge in [-0.15, -0.1) is 0 Å². The molecule has 354 valence electrons. The lowest BCUT2D eigenvalue weighted by Crippen LogP contribution is -2.70. The van der Waals surface area contributed by atoms with E-state index < -0.39 is 76.5 Å². The minimum Gasteiger partial charge on any atom is -0.458 e. The maximum absolute atomic E-state index is 15.0. The highest BCUT2D eigenvalue weighted by Gasteiger charge is 2.50. The molecule has 2 aromatic carbocycles. The molecule has 0 radical (unpaired) electrons. The lowest BCUT2D eigenvalue weighted by Gasteiger charge is -2.41. The van der Waals surface area contributed by atoms with Crippen LogP contribution in [0.2, 0.25) is 0 Å². The van der Waals surface area contributed by atoms with Crippen molar-refractivity contribution in [3.8, 4) is 11.4 Å². The number of hydrogen-bond acceptors (Lipinski definition) is 13. The number of rotatable bonds is 15. The number of aromatic nitrogens is 2. The number of carbonyl (C=O) groups is 6. The van der Waals surface area contributed by atoms with Gasteiger partial charge in [-0.3, -0.25) is 19.2 Å². The minimum atomic E-state index is -2.05. The summed E-state index contributed by atoms with van der Waals surface area (Å²) in [7, 11) is 0. The highest BCUT2D eigenvalue weighted by molar-refractivity contribution is 5.98. The van der Waals surface area contributed by atoms with Crippen molar-refractivity contribution >= 4 is 52.4 Å². The van der Waals surface area contributed by atoms with Crippen LogP contribution in [0.3, 0.4) is 0 Å². The summed E-state index contributed by atoms with van der Waals surface area (Å²) in [5.74, 6) is -3.11. The molecule has 0 spiro atoms. The zero-order valence-electron chi connectivity index (χ0n) is 37.1. The van der Waals surface area contributed by atoms with Gasteiger partial charge in [0.05, 0.1) is 54.3 Å². The van der Waals surface area contributed by atoms with Crippen molar-refractivity contribution < 1.29 is 52.5 Å². The van der Waals surface area contributed by atoms with Crippen LogP contribution in [0, 0.1) is 11.7 Å². The second-order valence-corrected chi connectivity index (χ2v) is 17.7. The van der Waals surface area contributed by atoms with Crippen molar-refractivity contribution in [3.63, 3.8) is 0 Å². The number of urea groups is 1. The third-order valence-corrected chi connectivity index (χ3v) is 12.9. The molecule has 0 saturated carbocycles. The molecule has 0 bridgehead atoms. The Hall–Kier alpha value is -6.97. The summed E-state index contributed by atoms with van der Waals surface area (Å²) in [6, 6.07) is 7.51. The summed E-state index contributed by atoms with van der Waals surface area (Å²) in [5, 5.41) is 25.6. The molecular formula is C46H52FN9O11. The van der Waals surface area contributed by atoms with E-state index in [1.165, 1.54) is 16.7 Å². The van der Waals surface area contributed by atoms with E-state index in [4.69, 9.17) is 30.7 Å². The number of aliphatic hydroxyl groups is 1. The van der Waals surface area contributed by atoms with Gasteiger partial charge in [-0.25, -0.2) is 23.8 Å². The fraction of sp³-hybridized carbons (Fsp3) is 0.435. The van der Waals surface area contributed by atoms with Crippen LogP contribution in [0.5, 0.6) is 0 Å². The number of hydrogen-bond donors (Lipinski definition) is 8. The molecule has 1 aliphatic carbocycles. The van der Waals surface area contributed by atoms with E-state index in [-0.39, 0.29) is 69.4 Å². The molecule has 67 heavy (non-hydrogen) atoms. The fourth-order valence-corrected chi connectivity index (χ4v) is 8.98. The maximum Gasteiger partial charge on any atom is 0.408 e. The molecule has 8 rings (SSSR count). The average molecular weight is 926 g/mol. The Morgan fingerprint density at radius 2 is 1.81 bits per heavy atom. The number of carbonyl (C=O) groups excluding carboxylic acids is 6. The summed E-state index contributed by atoms with van der Waals surface area (Å²) >= 11 is 0. The van der Waals surface area contributed by atoms with Gasteiger partial charge in [0.25, 0.3) is 11.5 Å². The first kappa shape index (κ1) is 46.6. The van der Waals surface area contributed by atoms with Gasteiger partial charge >= 0.3 is 18.1 Å². The fourth-order valence-electron chi connectivity index (χ4n) is 8.98. The molecule has 6 amide bonds. The summed E-state index contributed by atoms with van der Waals surface area (Å²) < 4.78 is 32.7. The third-order valence-electron chi connectivity index (χ3n) is 12.9. The number of ether oxygens (including phenoxy) is 3. The Bertz CT molecular complexity index is 2760. The Kier molecular flexibility index (Phi) is 12.8. The van der Waals surface area contributed by atoms with Crippen molar-refractivity contribution in [1.82, 2.24) is 30.8 Å². The summed E-state index contributed by atoms with van der Waals surface area (Å²) in [4.78, 5) is 96.1. The molecule has 3 aliphatic heterocycles. The van der Waals surface area contributed by atoms with E-state index in [0.717, 1.165) is 0 Å². The summed E-state index contributed by atoms with van der Waals surface area (Å²) in [5.41, 5.74) is 11.2. The molecule has 1 fully saturated rings. The number of nitrogens with zero attached hydrogens (tertiary/aromatic N) is 2. The Balaban J connectivity index is 0.945. The number of halogens is 1. The number of benzene rings is 2. The van der Waals surface area contributed by atoms with Gasteiger partial charge in [-0.2, -0.15) is 0 Å². The lowest BCUT2D eigenvalue weighted by atomic mass is 9.82. The number of primary amides is 1. The predicted molar refractivity (Wildman–Crippen MR) is 237 cm³/mol. The number of esters is 1. The zero-order chi connectivity index (χ0) is 47.9. The zero-order valence-corrected chi connectivity index (χ0v) is 37.1. The normalized spacial score (nSPS) is 19.4. The van der Waals surface area contributed by atoms with Gasteiger partial charge < -0.3 is 61.9 Å². The van der Waals surface area contributed by atoms with Gasteiger partial charge in [0.2, 0.25) is 11.8 Å². The highest BCUT2D eigenvalue weighted by atomic mass is 19.1. The topological polar surface area (TPSA) is 297 Å². The van der Waals surface area contributed by atoms with Crippen molar-refractivity contribution in [2.75, 3.05) is 25.1 Å². The Labute approximate surface area is 382 Å². The van der Waals surface area contributed by atoms with Crippen LogP contribution in [-0.4, -0.2) is 87.9 Å². The quantitative estimate of drug-likeness (QED) is 0.0550. The summed E-state index contributed by atoms with van der Waals surface area (Å²) in [6.45, 7) is 4.59. The molecule has 4 aliphatic rings. The van der Waals surface area contributed by atoms with Gasteiger partial charge in [0.15, 0.2) is 11.1 Å². The number of pyridine rings is 2. The van der Waals surface area contributed by atoms with Gasteiger partial charge in [-0.05, 0) is 79.0 Å². The number of nitrogens with one attached hydrogen (secondary N) is 5. The van der Waals surface area contributed by atoms with Crippen LogP contribution in [0.1, 0.15) is 85.9 Å². The van der Waals surface area contributed by atoms with E-state index in [1.54, 1.807) is 51.1 Å². The van der Waals surface area contributed by atoms with Crippen LogP contribution in [-0.2, 0) is 65.2 Å². The van der Waals surface area contributed by atoms with E-state index in [9.17, 15) is 38.7 Å². The number of anilines is 1. The first-order valence-electron chi connectivity index (χ1n) is 22.1. The van der Waals surface area contributed by atoms with Gasteiger partial charge in [0, 0.05) is 34.8 Å². The van der Waals surface area contributed by atoms with E-state index in [2.05, 4.69) is 26.6 Å². The molecule has 10 N–H and O–H groups in total. The van der Waals surface area contributed by atoms with Gasteiger partial charge in [-0.1, -0.05) is 32.9 Å². The average Bonchev–Trinajstić information content (AvgIpc) is 3.65. The van der Waals surface area contributed by atoms with Crippen LogP contribution in [0.25, 0.3) is 22.3 Å². The number of fused-ring (bicyclic) bond motifs is 5. The van der Waals surface area contributed by atoms with E-state index in [1.807, 2.05) is 0 Å². The standard InChI is InChI=1S/C46H52FN9O11/c1-4-46(64)29-16-33-37-27(17-56(33)40(59)28(29)19-66-42(46)61)35-30(12-9-24-14-25(47)15-32(52-37)34(24)35)54-41(60)45(20-65-21-45)55-44(63)67-18-23-7-10-26(11-8-23)51-38(57)31(6-5-13-50-43(49)62)53-39(58)36(48)22(2)3/h7-8,10-11,14-16,22,30-31,36,64H,4-6,9,12-13,17-21,48H2,1-3H3,(H,51,57)(H,53,58)(H,54,60)(H,55,63)(H3,49,50,62)/t30-,31+,36+,46-/m1/s1.